The fourth-order valence-corrected chi connectivity index (χ4v) is 5.34. The summed E-state index contributed by atoms with van der Waals surface area (Å²) in [6.45, 7) is 2.22. The number of rotatable bonds is 0. The number of ketones is 1. The summed E-state index contributed by atoms with van der Waals surface area (Å²) in [7, 11) is 0. The molecule has 106 valence electrons. The van der Waals surface area contributed by atoms with Crippen molar-refractivity contribution in [2.75, 3.05) is 0 Å². The van der Waals surface area contributed by atoms with Crippen molar-refractivity contribution >= 4 is 5.78 Å². The molecule has 20 heavy (non-hydrogen) atoms. The number of fused-ring (bicyclic) bond motifs is 5. The summed E-state index contributed by atoms with van der Waals surface area (Å²) in [5.74, 6) is 2.78. The summed E-state index contributed by atoms with van der Waals surface area (Å²) in [4.78, 5) is 12.3. The van der Waals surface area contributed by atoms with Gasteiger partial charge in [0.25, 0.3) is 0 Å². The fraction of sp³-hybridized carbons (Fsp3) is 0.611. The monoisotopic (exact) mass is 270 g/mol. The molecular formula is C18H22O2. The predicted molar refractivity (Wildman–Crippen MR) is 77.7 cm³/mol. The third-order valence-electron chi connectivity index (χ3n) is 6.42. The third kappa shape index (κ3) is 1.54. The lowest BCUT2D eigenvalue weighted by molar-refractivity contribution is -0.129. The van der Waals surface area contributed by atoms with Crippen molar-refractivity contribution in [3.63, 3.8) is 0 Å². The highest BCUT2D eigenvalue weighted by atomic mass is 16.3. The van der Waals surface area contributed by atoms with E-state index in [2.05, 4.69) is 13.0 Å². The lowest BCUT2D eigenvalue weighted by atomic mass is 9.55. The fourth-order valence-electron chi connectivity index (χ4n) is 5.34. The van der Waals surface area contributed by atoms with E-state index in [1.807, 2.05) is 12.1 Å². The number of phenols is 1. The minimum Gasteiger partial charge on any atom is -0.508 e. The zero-order chi connectivity index (χ0) is 13.9. The highest BCUT2D eigenvalue weighted by molar-refractivity contribution is 5.87. The SMILES string of the molecule is CC12CCC3c4ccc(O)cc4CCC3[C@@H]1CCC2=O. The molecule has 3 aliphatic carbocycles. The molecule has 2 saturated carbocycles. The Hall–Kier alpha value is -1.31. The van der Waals surface area contributed by atoms with Crippen molar-refractivity contribution in [1.29, 1.82) is 0 Å². The summed E-state index contributed by atoms with van der Waals surface area (Å²) in [6.07, 6.45) is 6.34. The minimum atomic E-state index is -0.0322. The van der Waals surface area contributed by atoms with Gasteiger partial charge in [0.1, 0.15) is 11.5 Å². The van der Waals surface area contributed by atoms with Crippen LogP contribution in [0.25, 0.3) is 0 Å². The minimum absolute atomic E-state index is 0.0322. The van der Waals surface area contributed by atoms with Crippen LogP contribution in [0.3, 0.4) is 0 Å². The number of carbonyl (C=O) groups is 1. The van der Waals surface area contributed by atoms with Crippen LogP contribution in [0.15, 0.2) is 18.2 Å². The molecule has 0 saturated heterocycles. The van der Waals surface area contributed by atoms with E-state index < -0.39 is 0 Å². The van der Waals surface area contributed by atoms with Gasteiger partial charge in [0.2, 0.25) is 0 Å². The Morgan fingerprint density at radius 2 is 2.05 bits per heavy atom. The molecule has 0 radical (unpaired) electrons. The first-order valence-electron chi connectivity index (χ1n) is 7.95. The second-order valence-electron chi connectivity index (χ2n) is 7.22. The number of benzene rings is 1. The molecule has 1 aromatic carbocycles. The Kier molecular flexibility index (Phi) is 2.55. The molecule has 3 aliphatic rings. The maximum atomic E-state index is 12.3. The molecule has 2 nitrogen and oxygen atoms in total. The number of aryl methyl sites for hydroxylation is 1. The van der Waals surface area contributed by atoms with Gasteiger partial charge >= 0.3 is 0 Å². The number of phenolic OH excluding ortho intramolecular Hbond substituents is 1. The summed E-state index contributed by atoms with van der Waals surface area (Å²) >= 11 is 0. The summed E-state index contributed by atoms with van der Waals surface area (Å²) in [6, 6.07) is 5.90. The van der Waals surface area contributed by atoms with E-state index >= 15 is 0 Å². The average molecular weight is 270 g/mol. The van der Waals surface area contributed by atoms with Crippen LogP contribution in [0, 0.1) is 17.3 Å². The van der Waals surface area contributed by atoms with Crippen LogP contribution in [0.5, 0.6) is 5.75 Å². The van der Waals surface area contributed by atoms with Crippen LogP contribution < -0.4 is 0 Å². The molecule has 0 amide bonds. The molecule has 2 heteroatoms. The van der Waals surface area contributed by atoms with Gasteiger partial charge in [0.15, 0.2) is 0 Å². The molecular weight excluding hydrogens is 248 g/mol. The second-order valence-corrected chi connectivity index (χ2v) is 7.22. The van der Waals surface area contributed by atoms with Gasteiger partial charge in [-0.2, -0.15) is 0 Å². The van der Waals surface area contributed by atoms with Gasteiger partial charge in [0, 0.05) is 11.8 Å². The van der Waals surface area contributed by atoms with Gasteiger partial charge in [-0.15, -0.1) is 0 Å². The first-order valence-corrected chi connectivity index (χ1v) is 7.95. The van der Waals surface area contributed by atoms with Crippen molar-refractivity contribution in [2.24, 2.45) is 17.3 Å². The standard InChI is InChI=1S/C18H22O2/c1-18-9-8-14-13-5-3-12(19)10-11(13)2-4-15(14)16(18)6-7-17(18)20/h3,5,10,14-16,19H,2,4,6-9H2,1H3/t14?,15?,16-,18?/m0/s1. The highest BCUT2D eigenvalue weighted by Gasteiger charge is 2.54. The van der Waals surface area contributed by atoms with E-state index in [0.717, 1.165) is 32.1 Å². The van der Waals surface area contributed by atoms with Crippen molar-refractivity contribution in [3.8, 4) is 5.75 Å². The number of hydrogen-bond acceptors (Lipinski definition) is 2. The first kappa shape index (κ1) is 12.4. The lowest BCUT2D eigenvalue weighted by Crippen LogP contribution is -2.42. The molecule has 0 aromatic heterocycles. The zero-order valence-corrected chi connectivity index (χ0v) is 12.1. The maximum Gasteiger partial charge on any atom is 0.139 e. The molecule has 1 N–H and O–H groups in total. The quantitative estimate of drug-likeness (QED) is 0.778. The van der Waals surface area contributed by atoms with Crippen LogP contribution in [-0.4, -0.2) is 10.9 Å². The van der Waals surface area contributed by atoms with E-state index in [0.29, 0.717) is 29.3 Å². The van der Waals surface area contributed by atoms with Crippen LogP contribution in [0.1, 0.15) is 56.1 Å². The van der Waals surface area contributed by atoms with Crippen LogP contribution >= 0.6 is 0 Å². The summed E-state index contributed by atoms with van der Waals surface area (Å²) < 4.78 is 0. The average Bonchev–Trinajstić information content (AvgIpc) is 2.74. The third-order valence-corrected chi connectivity index (χ3v) is 6.42. The van der Waals surface area contributed by atoms with E-state index in [1.165, 1.54) is 17.5 Å². The predicted octanol–water partition coefficient (Wildman–Crippen LogP) is 3.82. The summed E-state index contributed by atoms with van der Waals surface area (Å²) in [5.41, 5.74) is 2.75. The molecule has 0 bridgehead atoms. The Balaban J connectivity index is 1.73. The smallest absolute Gasteiger partial charge is 0.139 e. The van der Waals surface area contributed by atoms with Crippen molar-refractivity contribution in [1.82, 2.24) is 0 Å². The zero-order valence-electron chi connectivity index (χ0n) is 12.1. The Labute approximate surface area is 120 Å². The summed E-state index contributed by atoms with van der Waals surface area (Å²) in [5, 5.41) is 9.67. The van der Waals surface area contributed by atoms with Crippen LogP contribution in [0.2, 0.25) is 0 Å². The van der Waals surface area contributed by atoms with Crippen LogP contribution in [0.4, 0.5) is 0 Å². The highest BCUT2D eigenvalue weighted by Crippen LogP contribution is 2.59. The maximum absolute atomic E-state index is 12.3. The second kappa shape index (κ2) is 4.09. The molecule has 4 rings (SSSR count). The van der Waals surface area contributed by atoms with Gasteiger partial charge in [-0.1, -0.05) is 13.0 Å². The first-order chi connectivity index (χ1) is 9.59. The molecule has 0 spiro atoms. The van der Waals surface area contributed by atoms with Crippen molar-refractivity contribution < 1.29 is 9.90 Å². The molecule has 1 aromatic rings. The topological polar surface area (TPSA) is 37.3 Å². The molecule has 3 unspecified atom stereocenters. The Morgan fingerprint density at radius 1 is 1.20 bits per heavy atom. The van der Waals surface area contributed by atoms with Crippen molar-refractivity contribution in [3.05, 3.63) is 29.3 Å². The largest absolute Gasteiger partial charge is 0.508 e. The van der Waals surface area contributed by atoms with E-state index in [9.17, 15) is 9.90 Å². The van der Waals surface area contributed by atoms with E-state index in [-0.39, 0.29) is 5.41 Å². The van der Waals surface area contributed by atoms with Crippen LogP contribution in [-0.2, 0) is 11.2 Å². The van der Waals surface area contributed by atoms with Gasteiger partial charge < -0.3 is 5.11 Å². The number of aromatic hydroxyl groups is 1. The normalized spacial score (nSPS) is 39.0. The molecule has 0 aliphatic heterocycles. The number of hydrogen-bond donors (Lipinski definition) is 1. The lowest BCUT2D eigenvalue weighted by Gasteiger charge is -2.48. The molecule has 0 heterocycles. The van der Waals surface area contributed by atoms with Gasteiger partial charge in [-0.3, -0.25) is 4.79 Å². The Morgan fingerprint density at radius 3 is 2.90 bits per heavy atom. The van der Waals surface area contributed by atoms with Crippen molar-refractivity contribution in [2.45, 2.75) is 51.4 Å². The molecule has 4 atom stereocenters. The van der Waals surface area contributed by atoms with E-state index in [1.54, 1.807) is 0 Å². The van der Waals surface area contributed by atoms with Gasteiger partial charge in [-0.25, -0.2) is 0 Å². The molecule has 2 fully saturated rings. The van der Waals surface area contributed by atoms with Gasteiger partial charge in [0.05, 0.1) is 0 Å². The number of carbonyl (C=O) groups excluding carboxylic acids is 1. The van der Waals surface area contributed by atoms with Gasteiger partial charge in [-0.05, 0) is 73.1 Å². The number of Topliss-reactive ketones (excluding diaryl/α,β-unsaturated/α-hetero) is 1. The Bertz CT molecular complexity index is 577. The van der Waals surface area contributed by atoms with E-state index in [4.69, 9.17) is 0 Å².